The molecule has 4 aromatic carbocycles. The lowest BCUT2D eigenvalue weighted by Crippen LogP contribution is -1.81. The van der Waals surface area contributed by atoms with Crippen LogP contribution in [0.25, 0.3) is 43.5 Å². The van der Waals surface area contributed by atoms with Gasteiger partial charge in [-0.25, -0.2) is 0 Å². The molecular weight excluding hydrogens is 479 g/mol. The zero-order chi connectivity index (χ0) is 17.8. The van der Waals surface area contributed by atoms with Crippen LogP contribution in [0.2, 0.25) is 0 Å². The van der Waals surface area contributed by atoms with E-state index >= 15 is 0 Å². The Morgan fingerprint density at radius 3 is 1.58 bits per heavy atom. The van der Waals surface area contributed by atoms with Gasteiger partial charge in [0.25, 0.3) is 0 Å². The first-order valence-electron chi connectivity index (χ1n) is 7.90. The van der Waals surface area contributed by atoms with Crippen LogP contribution in [-0.2, 0) is 0 Å². The smallest absolute Gasteiger partial charge is 0.384 e. The molecule has 1 heterocycles. The van der Waals surface area contributed by atoms with Gasteiger partial charge in [-0.15, -0.1) is 0 Å². The molecule has 0 aliphatic carbocycles. The van der Waals surface area contributed by atoms with Gasteiger partial charge >= 0.3 is 8.24 Å². The van der Waals surface area contributed by atoms with Crippen LogP contribution in [0.15, 0.2) is 78.0 Å². The molecule has 26 heavy (non-hydrogen) atoms. The van der Waals surface area contributed by atoms with E-state index in [4.69, 9.17) is 8.39 Å². The predicted octanol–water partition coefficient (Wildman–Crippen LogP) is 7.88. The van der Waals surface area contributed by atoms with Crippen molar-refractivity contribution in [2.45, 2.75) is 0 Å². The van der Waals surface area contributed by atoms with E-state index in [9.17, 15) is 4.89 Å². The van der Waals surface area contributed by atoms with E-state index in [1.54, 1.807) is 0 Å². The van der Waals surface area contributed by atoms with Crippen LogP contribution in [0.3, 0.4) is 0 Å². The van der Waals surface area contributed by atoms with Crippen LogP contribution < -0.4 is 0 Å². The third kappa shape index (κ3) is 2.58. The maximum atomic E-state index is 10.2. The Bertz CT molecular complexity index is 1270. The summed E-state index contributed by atoms with van der Waals surface area (Å²) in [5.74, 6) is 0. The fourth-order valence-corrected chi connectivity index (χ4v) is 4.85. The van der Waals surface area contributed by atoms with Crippen molar-refractivity contribution in [3.05, 3.63) is 69.6 Å². The van der Waals surface area contributed by atoms with Gasteiger partial charge in [-0.1, -0.05) is 56.1 Å². The molecule has 6 heteroatoms. The van der Waals surface area contributed by atoms with Crippen molar-refractivity contribution in [1.29, 1.82) is 0 Å². The van der Waals surface area contributed by atoms with E-state index < -0.39 is 8.24 Å². The van der Waals surface area contributed by atoms with Crippen LogP contribution in [0.1, 0.15) is 0 Å². The molecule has 1 N–H and O–H groups in total. The van der Waals surface area contributed by atoms with Gasteiger partial charge in [0.1, 0.15) is 11.2 Å². The van der Waals surface area contributed by atoms with Crippen molar-refractivity contribution in [1.82, 2.24) is 0 Å². The SMILES string of the molecule is Op1oc2ccc3cc(Br)ccc3c2c2c(ccc3cc(Br)ccc32)o1. The minimum atomic E-state index is -2.03. The van der Waals surface area contributed by atoms with E-state index in [1.165, 1.54) is 0 Å². The highest BCUT2D eigenvalue weighted by atomic mass is 79.9. The summed E-state index contributed by atoms with van der Waals surface area (Å²) >= 11 is 7.07. The lowest BCUT2D eigenvalue weighted by atomic mass is 9.99. The van der Waals surface area contributed by atoms with E-state index in [1.807, 2.05) is 36.4 Å². The second-order valence-corrected chi connectivity index (χ2v) is 8.70. The predicted molar refractivity (Wildman–Crippen MR) is 114 cm³/mol. The Kier molecular flexibility index (Phi) is 3.87. The van der Waals surface area contributed by atoms with Gasteiger partial charge in [0, 0.05) is 19.7 Å². The van der Waals surface area contributed by atoms with Crippen LogP contribution in [0.4, 0.5) is 0 Å². The Morgan fingerprint density at radius 2 is 1.12 bits per heavy atom. The Hall–Kier alpha value is -1.78. The highest BCUT2D eigenvalue weighted by Gasteiger charge is 2.12. The largest absolute Gasteiger partial charge is 0.399 e. The number of hydrogen-bond donors (Lipinski definition) is 1. The molecule has 5 aromatic rings. The summed E-state index contributed by atoms with van der Waals surface area (Å²) in [6.45, 7) is 0. The quantitative estimate of drug-likeness (QED) is 0.240. The summed E-state index contributed by atoms with van der Waals surface area (Å²) in [7, 11) is -2.03. The molecule has 0 atom stereocenters. The second kappa shape index (κ2) is 6.14. The highest BCUT2D eigenvalue weighted by Crippen LogP contribution is 2.40. The molecule has 0 radical (unpaired) electrons. The average molecular weight is 490 g/mol. The molecule has 128 valence electrons. The summed E-state index contributed by atoms with van der Waals surface area (Å²) in [4.78, 5) is 10.2. The van der Waals surface area contributed by atoms with E-state index in [-0.39, 0.29) is 0 Å². The third-order valence-electron chi connectivity index (χ3n) is 4.49. The maximum absolute atomic E-state index is 10.2. The van der Waals surface area contributed by atoms with Gasteiger partial charge in [0.15, 0.2) is 0 Å². The summed E-state index contributed by atoms with van der Waals surface area (Å²) in [6.07, 6.45) is 0. The molecule has 0 saturated carbocycles. The van der Waals surface area contributed by atoms with E-state index in [0.717, 1.165) is 41.3 Å². The monoisotopic (exact) mass is 488 g/mol. The van der Waals surface area contributed by atoms with Crippen molar-refractivity contribution in [3.8, 4) is 0 Å². The Balaban J connectivity index is 2.17. The molecule has 0 spiro atoms. The first kappa shape index (κ1) is 16.4. The molecule has 1 aromatic heterocycles. The van der Waals surface area contributed by atoms with Gasteiger partial charge in [0.05, 0.1) is 0 Å². The van der Waals surface area contributed by atoms with E-state index in [0.29, 0.717) is 11.2 Å². The zero-order valence-electron chi connectivity index (χ0n) is 13.2. The number of hydrogen-bond acceptors (Lipinski definition) is 3. The molecule has 0 aliphatic rings. The van der Waals surface area contributed by atoms with Crippen molar-refractivity contribution >= 4 is 83.6 Å². The third-order valence-corrected chi connectivity index (χ3v) is 6.18. The molecule has 0 unspecified atom stereocenters. The van der Waals surface area contributed by atoms with Crippen LogP contribution in [-0.4, -0.2) is 4.89 Å². The Morgan fingerprint density at radius 1 is 0.654 bits per heavy atom. The Labute approximate surface area is 166 Å². The molecule has 5 rings (SSSR count). The number of rotatable bonds is 0. The molecule has 0 fully saturated rings. The standard InChI is InChI=1S/C20H11Br2O3P/c21-13-3-5-15-11(9-13)1-7-17-19(15)20-16-6-4-14(22)10-12(16)2-8-18(20)25-26(23)24-17/h1-10,23H. The van der Waals surface area contributed by atoms with Crippen molar-refractivity contribution in [2.24, 2.45) is 0 Å². The van der Waals surface area contributed by atoms with Crippen LogP contribution >= 0.6 is 40.1 Å². The molecule has 0 saturated heterocycles. The minimum absolute atomic E-state index is 0.627. The average Bonchev–Trinajstić information content (AvgIpc) is 2.76. The van der Waals surface area contributed by atoms with E-state index in [2.05, 4.69) is 56.1 Å². The number of halogens is 2. The van der Waals surface area contributed by atoms with Gasteiger partial charge in [0.2, 0.25) is 0 Å². The van der Waals surface area contributed by atoms with Gasteiger partial charge in [-0.3, -0.25) is 4.89 Å². The fraction of sp³-hybridized carbons (Fsp3) is 0. The van der Waals surface area contributed by atoms with Crippen molar-refractivity contribution < 1.29 is 13.3 Å². The van der Waals surface area contributed by atoms with Crippen LogP contribution in [0, 0.1) is 0 Å². The van der Waals surface area contributed by atoms with Crippen molar-refractivity contribution in [3.63, 3.8) is 0 Å². The van der Waals surface area contributed by atoms with Gasteiger partial charge in [-0.2, -0.15) is 0 Å². The molecular formula is C20H11Br2O3P. The molecule has 0 bridgehead atoms. The van der Waals surface area contributed by atoms with Crippen LogP contribution in [0.5, 0.6) is 0 Å². The molecule has 3 nitrogen and oxygen atoms in total. The minimum Gasteiger partial charge on any atom is -0.399 e. The van der Waals surface area contributed by atoms with Gasteiger partial charge < -0.3 is 8.39 Å². The zero-order valence-corrected chi connectivity index (χ0v) is 17.3. The normalized spacial score (nSPS) is 11.7. The highest BCUT2D eigenvalue weighted by molar-refractivity contribution is 9.10. The fourth-order valence-electron chi connectivity index (χ4n) is 3.42. The first-order valence-corrected chi connectivity index (χ1v) is 10.6. The summed E-state index contributed by atoms with van der Waals surface area (Å²) in [5.41, 5.74) is 1.25. The molecule has 0 aliphatic heterocycles. The maximum Gasteiger partial charge on any atom is 0.384 e. The van der Waals surface area contributed by atoms with Crippen molar-refractivity contribution in [2.75, 3.05) is 0 Å². The summed E-state index contributed by atoms with van der Waals surface area (Å²) in [6, 6.07) is 20.1. The number of benzene rings is 4. The second-order valence-electron chi connectivity index (χ2n) is 6.03. The topological polar surface area (TPSA) is 46.5 Å². The summed E-state index contributed by atoms with van der Waals surface area (Å²) < 4.78 is 13.5. The lowest BCUT2D eigenvalue weighted by Gasteiger charge is -2.06. The lowest BCUT2D eigenvalue weighted by molar-refractivity contribution is 0.495. The molecule has 0 amide bonds. The van der Waals surface area contributed by atoms with Gasteiger partial charge in [-0.05, 0) is 57.9 Å². The number of fused-ring (bicyclic) bond motifs is 7. The summed E-state index contributed by atoms with van der Waals surface area (Å²) in [5, 5.41) is 6.17. The first-order chi connectivity index (χ1) is 12.6.